The highest BCUT2D eigenvalue weighted by molar-refractivity contribution is 5.87. The molecule has 4 N–H and O–H groups in total. The zero-order valence-electron chi connectivity index (χ0n) is 26.2. The normalized spacial score (nSPS) is 12.8. The van der Waals surface area contributed by atoms with Crippen molar-refractivity contribution >= 4 is 23.8 Å². The number of carbonyl (C=O) groups is 4. The molecular weight excluding hydrogens is 536 g/mol. The van der Waals surface area contributed by atoms with Crippen molar-refractivity contribution in [2.24, 2.45) is 0 Å². The maximum absolute atomic E-state index is 12.5. The average Bonchev–Trinajstić information content (AvgIpc) is 2.96. The molecule has 0 saturated carbocycles. The Labute approximate surface area is 253 Å². The number of allylic oxidation sites excluding steroid dienone is 3. The SMILES string of the molecule is CCC/C=C\CCCCCCCC(=O)OC(/C=C\CCCCC)CCCCCCC(=O)NCC(=O)NC(CO)C(=O)O. The van der Waals surface area contributed by atoms with E-state index < -0.39 is 24.5 Å². The van der Waals surface area contributed by atoms with Crippen molar-refractivity contribution in [3.63, 3.8) is 0 Å². The van der Waals surface area contributed by atoms with E-state index in [-0.39, 0.29) is 30.9 Å². The van der Waals surface area contributed by atoms with Crippen LogP contribution in [0.2, 0.25) is 0 Å². The number of aliphatic hydroxyl groups excluding tert-OH is 1. The maximum atomic E-state index is 12.5. The van der Waals surface area contributed by atoms with Crippen LogP contribution in [0.1, 0.15) is 136 Å². The largest absolute Gasteiger partial charge is 0.480 e. The topological polar surface area (TPSA) is 142 Å². The minimum Gasteiger partial charge on any atom is -0.480 e. The van der Waals surface area contributed by atoms with Gasteiger partial charge in [0.05, 0.1) is 13.2 Å². The van der Waals surface area contributed by atoms with E-state index in [1.54, 1.807) is 0 Å². The lowest BCUT2D eigenvalue weighted by molar-refractivity contribution is -0.147. The van der Waals surface area contributed by atoms with Crippen molar-refractivity contribution < 1.29 is 34.1 Å². The Hall–Kier alpha value is -2.68. The third kappa shape index (κ3) is 25.1. The van der Waals surface area contributed by atoms with Gasteiger partial charge in [0, 0.05) is 12.8 Å². The van der Waals surface area contributed by atoms with Crippen molar-refractivity contribution in [1.82, 2.24) is 10.6 Å². The first-order chi connectivity index (χ1) is 20.3. The van der Waals surface area contributed by atoms with Gasteiger partial charge in [0.2, 0.25) is 11.8 Å². The highest BCUT2D eigenvalue weighted by Crippen LogP contribution is 2.14. The Morgan fingerprint density at radius 1 is 0.714 bits per heavy atom. The van der Waals surface area contributed by atoms with Crippen molar-refractivity contribution in [3.8, 4) is 0 Å². The van der Waals surface area contributed by atoms with E-state index >= 15 is 0 Å². The quantitative estimate of drug-likeness (QED) is 0.0484. The van der Waals surface area contributed by atoms with Gasteiger partial charge in [-0.15, -0.1) is 0 Å². The fraction of sp³-hybridized carbons (Fsp3) is 0.758. The molecule has 9 heteroatoms. The molecule has 2 amide bonds. The maximum Gasteiger partial charge on any atom is 0.328 e. The number of aliphatic carboxylic acids is 1. The van der Waals surface area contributed by atoms with Crippen LogP contribution < -0.4 is 10.6 Å². The molecule has 0 aliphatic heterocycles. The summed E-state index contributed by atoms with van der Waals surface area (Å²) in [5.41, 5.74) is 0. The number of esters is 1. The molecule has 0 saturated heterocycles. The number of carbonyl (C=O) groups excluding carboxylic acids is 3. The Morgan fingerprint density at radius 2 is 1.33 bits per heavy atom. The molecule has 0 aromatic rings. The van der Waals surface area contributed by atoms with Gasteiger partial charge in [0.25, 0.3) is 0 Å². The summed E-state index contributed by atoms with van der Waals surface area (Å²) >= 11 is 0. The summed E-state index contributed by atoms with van der Waals surface area (Å²) in [6.45, 7) is 3.31. The van der Waals surface area contributed by atoms with E-state index in [9.17, 15) is 19.2 Å². The molecule has 0 aromatic heterocycles. The molecule has 42 heavy (non-hydrogen) atoms. The van der Waals surface area contributed by atoms with E-state index in [1.165, 1.54) is 32.1 Å². The van der Waals surface area contributed by atoms with Crippen LogP contribution in [0.15, 0.2) is 24.3 Å². The molecule has 0 bridgehead atoms. The number of rotatable bonds is 28. The number of nitrogens with one attached hydrogen (secondary N) is 2. The van der Waals surface area contributed by atoms with E-state index in [0.717, 1.165) is 70.6 Å². The van der Waals surface area contributed by atoms with Gasteiger partial charge in [0.15, 0.2) is 0 Å². The molecule has 0 radical (unpaired) electrons. The number of amides is 2. The third-order valence-electron chi connectivity index (χ3n) is 6.89. The molecule has 0 rings (SSSR count). The van der Waals surface area contributed by atoms with Gasteiger partial charge in [-0.2, -0.15) is 0 Å². The summed E-state index contributed by atoms with van der Waals surface area (Å²) in [7, 11) is 0. The summed E-state index contributed by atoms with van der Waals surface area (Å²) in [4.78, 5) is 47.0. The van der Waals surface area contributed by atoms with E-state index in [2.05, 4.69) is 42.7 Å². The van der Waals surface area contributed by atoms with E-state index in [0.29, 0.717) is 12.8 Å². The van der Waals surface area contributed by atoms with Gasteiger partial charge in [-0.1, -0.05) is 83.4 Å². The van der Waals surface area contributed by atoms with Crippen molar-refractivity contribution in [1.29, 1.82) is 0 Å². The number of aliphatic hydroxyl groups is 1. The van der Waals surface area contributed by atoms with Crippen LogP contribution in [0, 0.1) is 0 Å². The number of hydrogen-bond acceptors (Lipinski definition) is 6. The second kappa shape index (κ2) is 28.4. The summed E-state index contributed by atoms with van der Waals surface area (Å²) < 4.78 is 5.80. The van der Waals surface area contributed by atoms with Crippen LogP contribution in [-0.4, -0.2) is 59.3 Å². The lowest BCUT2D eigenvalue weighted by Crippen LogP contribution is -2.47. The van der Waals surface area contributed by atoms with Gasteiger partial charge in [-0.3, -0.25) is 14.4 Å². The zero-order chi connectivity index (χ0) is 31.3. The Kier molecular flexibility index (Phi) is 26.6. The predicted molar refractivity (Wildman–Crippen MR) is 167 cm³/mol. The lowest BCUT2D eigenvalue weighted by Gasteiger charge is -2.15. The van der Waals surface area contributed by atoms with Crippen LogP contribution in [0.5, 0.6) is 0 Å². The van der Waals surface area contributed by atoms with Crippen LogP contribution >= 0.6 is 0 Å². The Bertz CT molecular complexity index is 782. The molecule has 0 fully saturated rings. The monoisotopic (exact) mass is 594 g/mol. The summed E-state index contributed by atoms with van der Waals surface area (Å²) in [5, 5.41) is 22.4. The number of hydrogen-bond donors (Lipinski definition) is 4. The second-order valence-corrected chi connectivity index (χ2v) is 10.9. The Balaban J connectivity index is 4.23. The summed E-state index contributed by atoms with van der Waals surface area (Å²) in [6, 6.07) is -1.39. The second-order valence-electron chi connectivity index (χ2n) is 10.9. The molecule has 2 atom stereocenters. The highest BCUT2D eigenvalue weighted by Gasteiger charge is 2.18. The molecule has 242 valence electrons. The van der Waals surface area contributed by atoms with E-state index in [1.807, 2.05) is 6.08 Å². The number of carboxylic acids is 1. The average molecular weight is 595 g/mol. The molecule has 9 nitrogen and oxygen atoms in total. The molecular formula is C33H58N2O7. The minimum atomic E-state index is -1.39. The lowest BCUT2D eigenvalue weighted by atomic mass is 10.1. The number of ether oxygens (including phenoxy) is 1. The van der Waals surface area contributed by atoms with Gasteiger partial charge in [-0.05, 0) is 63.9 Å². The zero-order valence-corrected chi connectivity index (χ0v) is 26.2. The smallest absolute Gasteiger partial charge is 0.328 e. The van der Waals surface area contributed by atoms with Gasteiger partial charge >= 0.3 is 11.9 Å². The first kappa shape index (κ1) is 39.3. The fourth-order valence-electron chi connectivity index (χ4n) is 4.33. The standard InChI is InChI=1S/C33H58N2O7/c1-3-5-7-9-10-11-12-13-15-21-25-32(39)42-28(22-18-14-8-6-4-2)23-19-16-17-20-24-30(37)34-26-31(38)35-29(27-36)33(40)41/h7,9,18,22,28-29,36H,3-6,8,10-17,19-21,23-27H2,1-2H3,(H,34,37)(H,35,38)(H,40,41)/b9-7-,22-18-. The third-order valence-corrected chi connectivity index (χ3v) is 6.89. The van der Waals surface area contributed by atoms with Crippen molar-refractivity contribution in [3.05, 3.63) is 24.3 Å². The fourth-order valence-corrected chi connectivity index (χ4v) is 4.33. The first-order valence-electron chi connectivity index (χ1n) is 16.2. The molecule has 0 aromatic carbocycles. The van der Waals surface area contributed by atoms with Crippen molar-refractivity contribution in [2.75, 3.05) is 13.2 Å². The van der Waals surface area contributed by atoms with Gasteiger partial charge in [0.1, 0.15) is 12.1 Å². The van der Waals surface area contributed by atoms with Crippen LogP contribution in [0.4, 0.5) is 0 Å². The van der Waals surface area contributed by atoms with Crippen LogP contribution in [0.3, 0.4) is 0 Å². The molecule has 0 spiro atoms. The molecule has 2 unspecified atom stereocenters. The number of carboxylic acid groups (broad SMARTS) is 1. The number of unbranched alkanes of at least 4 members (excludes halogenated alkanes) is 12. The highest BCUT2D eigenvalue weighted by atomic mass is 16.5. The molecule has 0 heterocycles. The van der Waals surface area contributed by atoms with Gasteiger partial charge < -0.3 is 25.6 Å². The predicted octanol–water partition coefficient (Wildman–Crippen LogP) is 6.14. The van der Waals surface area contributed by atoms with Crippen molar-refractivity contribution in [2.45, 2.75) is 148 Å². The van der Waals surface area contributed by atoms with E-state index in [4.69, 9.17) is 14.9 Å². The molecule has 0 aliphatic rings. The first-order valence-corrected chi connectivity index (χ1v) is 16.2. The van der Waals surface area contributed by atoms with Crippen LogP contribution in [-0.2, 0) is 23.9 Å². The summed E-state index contributed by atoms with van der Waals surface area (Å²) in [6.07, 6.45) is 26.7. The summed E-state index contributed by atoms with van der Waals surface area (Å²) in [5.74, 6) is -2.42. The molecule has 0 aliphatic carbocycles. The Morgan fingerprint density at radius 3 is 2.02 bits per heavy atom. The van der Waals surface area contributed by atoms with Crippen LogP contribution in [0.25, 0.3) is 0 Å². The van der Waals surface area contributed by atoms with Gasteiger partial charge in [-0.25, -0.2) is 4.79 Å². The minimum absolute atomic E-state index is 0.130.